The van der Waals surface area contributed by atoms with Crippen molar-refractivity contribution < 1.29 is 9.18 Å². The number of pyridine rings is 1. The van der Waals surface area contributed by atoms with Crippen LogP contribution in [-0.2, 0) is 6.54 Å². The Morgan fingerprint density at radius 2 is 2.10 bits per heavy atom. The molecule has 0 aliphatic rings. The number of aromatic nitrogens is 1. The van der Waals surface area contributed by atoms with Gasteiger partial charge in [0, 0.05) is 17.8 Å². The van der Waals surface area contributed by atoms with E-state index in [9.17, 15) is 9.18 Å². The third kappa shape index (κ3) is 3.20. The molecule has 0 bridgehead atoms. The minimum absolute atomic E-state index is 0.344. The van der Waals surface area contributed by atoms with Crippen LogP contribution in [0.1, 0.15) is 28.7 Å². The van der Waals surface area contributed by atoms with E-state index in [0.29, 0.717) is 30.6 Å². The number of hydrogen-bond acceptors (Lipinski definition) is 3. The van der Waals surface area contributed by atoms with Gasteiger partial charge in [0.25, 0.3) is 0 Å². The van der Waals surface area contributed by atoms with Crippen molar-refractivity contribution in [1.82, 2.24) is 4.98 Å². The molecule has 0 aliphatic heterocycles. The molecule has 1 heterocycles. The number of aryl methyl sites for hydroxylation is 1. The van der Waals surface area contributed by atoms with Crippen LogP contribution in [0.15, 0.2) is 36.4 Å². The van der Waals surface area contributed by atoms with Gasteiger partial charge in [0.05, 0.1) is 17.9 Å². The Bertz CT molecular complexity index is 613. The van der Waals surface area contributed by atoms with Crippen molar-refractivity contribution in [3.05, 3.63) is 59.2 Å². The monoisotopic (exact) mass is 272 g/mol. The summed E-state index contributed by atoms with van der Waals surface area (Å²) in [5.74, 6) is -0.385. The summed E-state index contributed by atoms with van der Waals surface area (Å²) in [6.45, 7) is 5.09. The number of aldehydes is 1. The summed E-state index contributed by atoms with van der Waals surface area (Å²) in [6, 6.07) is 10.3. The van der Waals surface area contributed by atoms with Crippen LogP contribution in [-0.4, -0.2) is 17.8 Å². The van der Waals surface area contributed by atoms with Crippen LogP contribution in [0.4, 0.5) is 10.1 Å². The molecule has 3 nitrogen and oxygen atoms in total. The number of hydrogen-bond donors (Lipinski definition) is 0. The number of carbonyl (C=O) groups excluding carboxylic acids is 1. The van der Waals surface area contributed by atoms with Crippen molar-refractivity contribution in [3.63, 3.8) is 0 Å². The van der Waals surface area contributed by atoms with Crippen LogP contribution in [0.5, 0.6) is 0 Å². The lowest BCUT2D eigenvalue weighted by Crippen LogP contribution is -2.23. The van der Waals surface area contributed by atoms with Gasteiger partial charge in [-0.1, -0.05) is 6.07 Å². The predicted octanol–water partition coefficient (Wildman–Crippen LogP) is 3.37. The SMILES string of the molecule is CCN(Cc1cccc(C)n1)c1ccc(C=O)cc1F. The minimum Gasteiger partial charge on any atom is -0.364 e. The standard InChI is InChI=1S/C16H17FN2O/c1-3-19(10-14-6-4-5-12(2)18-14)16-8-7-13(11-20)9-15(16)17/h4-9,11H,3,10H2,1-2H3. The van der Waals surface area contributed by atoms with Crippen LogP contribution < -0.4 is 4.90 Å². The molecule has 0 amide bonds. The summed E-state index contributed by atoms with van der Waals surface area (Å²) in [4.78, 5) is 17.0. The van der Waals surface area contributed by atoms with Gasteiger partial charge < -0.3 is 4.90 Å². The van der Waals surface area contributed by atoms with Crippen LogP contribution in [0.25, 0.3) is 0 Å². The molecule has 1 aromatic carbocycles. The highest BCUT2D eigenvalue weighted by Crippen LogP contribution is 2.21. The largest absolute Gasteiger partial charge is 0.364 e. The van der Waals surface area contributed by atoms with Crippen molar-refractivity contribution in [2.45, 2.75) is 20.4 Å². The van der Waals surface area contributed by atoms with E-state index in [2.05, 4.69) is 4.98 Å². The lowest BCUT2D eigenvalue weighted by atomic mass is 10.2. The Morgan fingerprint density at radius 1 is 1.30 bits per heavy atom. The molecule has 4 heteroatoms. The van der Waals surface area contributed by atoms with Crippen LogP contribution in [0, 0.1) is 12.7 Å². The van der Waals surface area contributed by atoms with Crippen molar-refractivity contribution in [1.29, 1.82) is 0 Å². The molecule has 0 aliphatic carbocycles. The molecule has 0 unspecified atom stereocenters. The zero-order valence-corrected chi connectivity index (χ0v) is 11.6. The Kier molecular flexibility index (Phi) is 4.45. The maximum Gasteiger partial charge on any atom is 0.150 e. The molecule has 0 saturated carbocycles. The third-order valence-electron chi connectivity index (χ3n) is 3.13. The van der Waals surface area contributed by atoms with E-state index in [1.165, 1.54) is 6.07 Å². The summed E-state index contributed by atoms with van der Waals surface area (Å²) >= 11 is 0. The normalized spacial score (nSPS) is 10.3. The van der Waals surface area contributed by atoms with Gasteiger partial charge in [0.15, 0.2) is 0 Å². The summed E-state index contributed by atoms with van der Waals surface area (Å²) in [5, 5.41) is 0. The topological polar surface area (TPSA) is 33.2 Å². The van der Waals surface area contributed by atoms with Crippen molar-refractivity contribution in [2.75, 3.05) is 11.4 Å². The van der Waals surface area contributed by atoms with Crippen LogP contribution >= 0.6 is 0 Å². The lowest BCUT2D eigenvalue weighted by molar-refractivity contribution is 0.112. The van der Waals surface area contributed by atoms with Gasteiger partial charge >= 0.3 is 0 Å². The van der Waals surface area contributed by atoms with Gasteiger partial charge in [-0.25, -0.2) is 4.39 Å². The van der Waals surface area contributed by atoms with Crippen molar-refractivity contribution >= 4 is 12.0 Å². The first-order valence-electron chi connectivity index (χ1n) is 6.56. The Hall–Kier alpha value is -2.23. The summed E-state index contributed by atoms with van der Waals surface area (Å²) in [6.07, 6.45) is 0.644. The fourth-order valence-electron chi connectivity index (χ4n) is 2.10. The maximum atomic E-state index is 14.0. The first-order valence-corrected chi connectivity index (χ1v) is 6.56. The second kappa shape index (κ2) is 6.28. The Morgan fingerprint density at radius 3 is 2.70 bits per heavy atom. The highest BCUT2D eigenvalue weighted by atomic mass is 19.1. The molecular formula is C16H17FN2O. The Labute approximate surface area is 118 Å². The number of halogens is 1. The molecule has 1 aromatic heterocycles. The molecule has 2 rings (SSSR count). The van der Waals surface area contributed by atoms with E-state index in [-0.39, 0.29) is 5.82 Å². The molecule has 20 heavy (non-hydrogen) atoms. The zero-order chi connectivity index (χ0) is 14.5. The number of anilines is 1. The lowest BCUT2D eigenvalue weighted by Gasteiger charge is -2.23. The van der Waals surface area contributed by atoms with E-state index in [1.807, 2.05) is 36.9 Å². The van der Waals surface area contributed by atoms with Gasteiger partial charge in [-0.2, -0.15) is 0 Å². The molecule has 0 N–H and O–H groups in total. The van der Waals surface area contributed by atoms with Crippen molar-refractivity contribution in [2.24, 2.45) is 0 Å². The third-order valence-corrected chi connectivity index (χ3v) is 3.13. The fourth-order valence-corrected chi connectivity index (χ4v) is 2.10. The zero-order valence-electron chi connectivity index (χ0n) is 11.6. The minimum atomic E-state index is -0.385. The van der Waals surface area contributed by atoms with Gasteiger partial charge in [-0.3, -0.25) is 9.78 Å². The maximum absolute atomic E-state index is 14.0. The van der Waals surface area contributed by atoms with Gasteiger partial charge in [-0.15, -0.1) is 0 Å². The van der Waals surface area contributed by atoms with Crippen molar-refractivity contribution in [3.8, 4) is 0 Å². The smallest absolute Gasteiger partial charge is 0.150 e. The number of carbonyl (C=O) groups is 1. The van der Waals surface area contributed by atoms with E-state index in [0.717, 1.165) is 11.4 Å². The van der Waals surface area contributed by atoms with E-state index >= 15 is 0 Å². The van der Waals surface area contributed by atoms with Gasteiger partial charge in [0.2, 0.25) is 0 Å². The Balaban J connectivity index is 2.26. The molecule has 0 radical (unpaired) electrons. The second-order valence-electron chi connectivity index (χ2n) is 4.61. The number of nitrogens with zero attached hydrogens (tertiary/aromatic N) is 2. The van der Waals surface area contributed by atoms with Crippen LogP contribution in [0.3, 0.4) is 0 Å². The first kappa shape index (κ1) is 14.2. The average molecular weight is 272 g/mol. The van der Waals surface area contributed by atoms with Gasteiger partial charge in [0.1, 0.15) is 12.1 Å². The molecule has 0 spiro atoms. The van der Waals surface area contributed by atoms with Crippen LogP contribution in [0.2, 0.25) is 0 Å². The molecular weight excluding hydrogens is 255 g/mol. The molecule has 0 atom stereocenters. The van der Waals surface area contributed by atoms with E-state index in [4.69, 9.17) is 0 Å². The first-order chi connectivity index (χ1) is 9.63. The quantitative estimate of drug-likeness (QED) is 0.782. The number of rotatable bonds is 5. The molecule has 0 saturated heterocycles. The molecule has 104 valence electrons. The summed E-state index contributed by atoms with van der Waals surface area (Å²) in [7, 11) is 0. The highest BCUT2D eigenvalue weighted by molar-refractivity contribution is 5.76. The number of benzene rings is 1. The van der Waals surface area contributed by atoms with E-state index in [1.54, 1.807) is 12.1 Å². The van der Waals surface area contributed by atoms with Gasteiger partial charge in [-0.05, 0) is 44.2 Å². The fraction of sp³-hybridized carbons (Fsp3) is 0.250. The molecule has 0 fully saturated rings. The second-order valence-corrected chi connectivity index (χ2v) is 4.61. The predicted molar refractivity (Wildman–Crippen MR) is 77.5 cm³/mol. The highest BCUT2D eigenvalue weighted by Gasteiger charge is 2.12. The molecule has 2 aromatic rings. The summed E-state index contributed by atoms with van der Waals surface area (Å²) in [5.41, 5.74) is 2.67. The summed E-state index contributed by atoms with van der Waals surface area (Å²) < 4.78 is 14.0. The average Bonchev–Trinajstić information content (AvgIpc) is 2.45. The van der Waals surface area contributed by atoms with E-state index < -0.39 is 0 Å².